The van der Waals surface area contributed by atoms with Gasteiger partial charge in [0.25, 0.3) is 0 Å². The van der Waals surface area contributed by atoms with Gasteiger partial charge in [0.1, 0.15) is 11.5 Å². The molecule has 32 heavy (non-hydrogen) atoms. The Morgan fingerprint density at radius 3 is 2.41 bits per heavy atom. The Hall–Kier alpha value is -2.03. The average Bonchev–Trinajstić information content (AvgIpc) is 3.24. The molecule has 8 nitrogen and oxygen atoms in total. The number of likely N-dealkylation sites (tertiary alicyclic amines) is 1. The molecule has 1 aromatic rings. The van der Waals surface area contributed by atoms with Crippen LogP contribution in [0.2, 0.25) is 0 Å². The molecule has 2 aliphatic rings. The van der Waals surface area contributed by atoms with Gasteiger partial charge in [0.2, 0.25) is 0 Å². The second-order valence-corrected chi connectivity index (χ2v) is 8.99. The highest BCUT2D eigenvalue weighted by Gasteiger charge is 2.24. The molecule has 180 valence electrons. The van der Waals surface area contributed by atoms with Crippen molar-refractivity contribution in [3.05, 3.63) is 23.8 Å². The number of rotatable bonds is 9. The van der Waals surface area contributed by atoms with Crippen LogP contribution < -0.4 is 20.1 Å². The number of likely N-dealkylation sites (N-methyl/N-ethyl adjacent to an activating group) is 1. The topological polar surface area (TPSA) is 64.6 Å². The van der Waals surface area contributed by atoms with Gasteiger partial charge in [-0.05, 0) is 45.0 Å². The van der Waals surface area contributed by atoms with Crippen LogP contribution in [0.3, 0.4) is 0 Å². The minimum Gasteiger partial charge on any atom is -0.497 e. The van der Waals surface area contributed by atoms with Crippen LogP contribution in [0.1, 0.15) is 25.8 Å². The molecule has 0 radical (unpaired) electrons. The maximum atomic E-state index is 5.42. The third-order valence-corrected chi connectivity index (χ3v) is 6.45. The van der Waals surface area contributed by atoms with E-state index in [2.05, 4.69) is 58.4 Å². The second kappa shape index (κ2) is 12.3. The Morgan fingerprint density at radius 2 is 1.78 bits per heavy atom. The van der Waals surface area contributed by atoms with Crippen molar-refractivity contribution in [2.45, 2.75) is 38.9 Å². The lowest BCUT2D eigenvalue weighted by Gasteiger charge is -2.36. The number of nitrogens with one attached hydrogen (secondary N) is 2. The van der Waals surface area contributed by atoms with Gasteiger partial charge in [-0.25, -0.2) is 0 Å². The number of aliphatic imine (C=N–C) groups is 1. The molecule has 0 aliphatic carbocycles. The summed E-state index contributed by atoms with van der Waals surface area (Å²) in [7, 11) is 5.59. The van der Waals surface area contributed by atoms with Gasteiger partial charge in [0.15, 0.2) is 5.96 Å². The van der Waals surface area contributed by atoms with Crippen molar-refractivity contribution in [2.24, 2.45) is 4.99 Å². The van der Waals surface area contributed by atoms with Gasteiger partial charge in [-0.3, -0.25) is 14.8 Å². The number of nitrogens with zero attached hydrogens (tertiary/aromatic N) is 4. The normalized spacial score (nSPS) is 22.0. The molecule has 2 fully saturated rings. The first kappa shape index (κ1) is 24.6. The predicted octanol–water partition coefficient (Wildman–Crippen LogP) is 1.47. The molecule has 2 unspecified atom stereocenters. The highest BCUT2D eigenvalue weighted by atomic mass is 16.5. The molecule has 2 heterocycles. The summed E-state index contributed by atoms with van der Waals surface area (Å²) in [5.41, 5.74) is 1.21. The zero-order valence-electron chi connectivity index (χ0n) is 20.6. The number of methoxy groups -OCH3 is 2. The van der Waals surface area contributed by atoms with Gasteiger partial charge in [-0.15, -0.1) is 0 Å². The van der Waals surface area contributed by atoms with Crippen LogP contribution in [0.25, 0.3) is 0 Å². The van der Waals surface area contributed by atoms with Crippen LogP contribution in [0.5, 0.6) is 11.5 Å². The van der Waals surface area contributed by atoms with Crippen LogP contribution >= 0.6 is 0 Å². The Bertz CT molecular complexity index is 713. The molecule has 0 saturated carbocycles. The lowest BCUT2D eigenvalue weighted by molar-refractivity contribution is 0.122. The summed E-state index contributed by atoms with van der Waals surface area (Å²) < 4.78 is 10.8. The van der Waals surface area contributed by atoms with E-state index in [4.69, 9.17) is 14.5 Å². The smallest absolute Gasteiger partial charge is 0.191 e. The molecule has 0 bridgehead atoms. The van der Waals surface area contributed by atoms with Gasteiger partial charge >= 0.3 is 0 Å². The van der Waals surface area contributed by atoms with E-state index in [0.717, 1.165) is 82.8 Å². The van der Waals surface area contributed by atoms with Crippen molar-refractivity contribution in [1.82, 2.24) is 25.3 Å². The lowest BCUT2D eigenvalue weighted by Crippen LogP contribution is -2.49. The fourth-order valence-corrected chi connectivity index (χ4v) is 4.42. The van der Waals surface area contributed by atoms with Crippen LogP contribution in [-0.2, 0) is 6.54 Å². The molecule has 0 aromatic heterocycles. The average molecular weight is 447 g/mol. The largest absolute Gasteiger partial charge is 0.497 e. The fourth-order valence-electron chi connectivity index (χ4n) is 4.42. The van der Waals surface area contributed by atoms with Gasteiger partial charge in [0, 0.05) is 70.5 Å². The summed E-state index contributed by atoms with van der Waals surface area (Å²) in [6, 6.07) is 6.96. The second-order valence-electron chi connectivity index (χ2n) is 8.99. The van der Waals surface area contributed by atoms with E-state index < -0.39 is 0 Å². The summed E-state index contributed by atoms with van der Waals surface area (Å²) in [4.78, 5) is 12.3. The van der Waals surface area contributed by atoms with E-state index in [1.54, 1.807) is 14.2 Å². The van der Waals surface area contributed by atoms with Gasteiger partial charge in [0.05, 0.1) is 20.8 Å². The molecule has 8 heteroatoms. The van der Waals surface area contributed by atoms with Crippen molar-refractivity contribution in [3.8, 4) is 11.5 Å². The van der Waals surface area contributed by atoms with E-state index in [1.165, 1.54) is 5.56 Å². The first-order valence-corrected chi connectivity index (χ1v) is 11.9. The molecule has 1 aromatic carbocycles. The summed E-state index contributed by atoms with van der Waals surface area (Å²) in [5, 5.41) is 7.09. The lowest BCUT2D eigenvalue weighted by atomic mass is 10.2. The van der Waals surface area contributed by atoms with Crippen molar-refractivity contribution >= 4 is 5.96 Å². The molecular weight excluding hydrogens is 404 g/mol. The monoisotopic (exact) mass is 446 g/mol. The molecule has 2 atom stereocenters. The molecule has 2 saturated heterocycles. The minimum absolute atomic E-state index is 0.402. The molecule has 0 spiro atoms. The fraction of sp³-hybridized carbons (Fsp3) is 0.708. The molecule has 2 N–H and O–H groups in total. The Kier molecular flexibility index (Phi) is 9.44. The third kappa shape index (κ3) is 7.25. The summed E-state index contributed by atoms with van der Waals surface area (Å²) in [6.07, 6.45) is 1.11. The number of benzene rings is 1. The molecule has 0 amide bonds. The van der Waals surface area contributed by atoms with E-state index in [-0.39, 0.29) is 0 Å². The third-order valence-electron chi connectivity index (χ3n) is 6.45. The maximum absolute atomic E-state index is 5.42. The molecule has 3 rings (SSSR count). The quantitative estimate of drug-likeness (QED) is 0.440. The summed E-state index contributed by atoms with van der Waals surface area (Å²) in [5.74, 6) is 2.61. The first-order valence-electron chi connectivity index (χ1n) is 11.9. The predicted molar refractivity (Wildman–Crippen MR) is 131 cm³/mol. The Balaban J connectivity index is 1.51. The Morgan fingerprint density at radius 1 is 1.09 bits per heavy atom. The number of hydrogen-bond donors (Lipinski definition) is 2. The summed E-state index contributed by atoms with van der Waals surface area (Å²) in [6.45, 7) is 13.6. The zero-order chi connectivity index (χ0) is 22.9. The van der Waals surface area contributed by atoms with Gasteiger partial charge in [-0.1, -0.05) is 0 Å². The van der Waals surface area contributed by atoms with Crippen molar-refractivity contribution < 1.29 is 9.47 Å². The molecule has 2 aliphatic heterocycles. The van der Waals surface area contributed by atoms with Gasteiger partial charge < -0.3 is 25.0 Å². The maximum Gasteiger partial charge on any atom is 0.191 e. The Labute approximate surface area is 193 Å². The number of hydrogen-bond acceptors (Lipinski definition) is 6. The van der Waals surface area contributed by atoms with Crippen LogP contribution in [0.4, 0.5) is 0 Å². The van der Waals surface area contributed by atoms with Crippen molar-refractivity contribution in [1.29, 1.82) is 0 Å². The van der Waals surface area contributed by atoms with E-state index in [1.807, 2.05) is 6.07 Å². The van der Waals surface area contributed by atoms with Crippen molar-refractivity contribution in [2.75, 3.05) is 73.6 Å². The van der Waals surface area contributed by atoms with Crippen molar-refractivity contribution in [3.63, 3.8) is 0 Å². The summed E-state index contributed by atoms with van der Waals surface area (Å²) >= 11 is 0. The molecular formula is C24H42N6O2. The highest BCUT2D eigenvalue weighted by molar-refractivity contribution is 5.80. The van der Waals surface area contributed by atoms with Crippen LogP contribution in [0, 0.1) is 0 Å². The standard InChI is InChI=1S/C24H42N6O2/c1-6-25-24(26-16-19(2)30-11-9-28(3)10-12-30)27-21-7-8-29(18-21)17-20-13-22(31-4)15-23(14-20)32-5/h13-15,19,21H,6-12,16-18H2,1-5H3,(H2,25,26,27). The van der Waals surface area contributed by atoms with E-state index in [9.17, 15) is 0 Å². The minimum atomic E-state index is 0.402. The van der Waals surface area contributed by atoms with Crippen LogP contribution in [-0.4, -0.2) is 106 Å². The first-order chi connectivity index (χ1) is 15.5. The highest BCUT2D eigenvalue weighted by Crippen LogP contribution is 2.24. The SMILES string of the molecule is CCNC(=NCC(C)N1CCN(C)CC1)NC1CCN(Cc2cc(OC)cc(OC)c2)C1. The van der Waals surface area contributed by atoms with E-state index >= 15 is 0 Å². The number of guanidine groups is 1. The van der Waals surface area contributed by atoms with E-state index in [0.29, 0.717) is 12.1 Å². The number of piperazine rings is 1. The zero-order valence-corrected chi connectivity index (χ0v) is 20.6. The van der Waals surface area contributed by atoms with Crippen LogP contribution in [0.15, 0.2) is 23.2 Å². The number of ether oxygens (including phenoxy) is 2. The van der Waals surface area contributed by atoms with Gasteiger partial charge in [-0.2, -0.15) is 0 Å².